The third-order valence-corrected chi connectivity index (χ3v) is 4.71. The summed E-state index contributed by atoms with van der Waals surface area (Å²) >= 11 is 0. The topological polar surface area (TPSA) is 15.3 Å². The first kappa shape index (κ1) is 13.0. The lowest BCUT2D eigenvalue weighted by atomic mass is 9.74. The molecule has 1 aromatic rings. The number of nitrogens with one attached hydrogen (secondary N) is 1. The molecule has 104 valence electrons. The normalized spacial score (nSPS) is 22.4. The van der Waals surface area contributed by atoms with Crippen LogP contribution in [0, 0.1) is 5.41 Å². The molecule has 2 heterocycles. The van der Waals surface area contributed by atoms with E-state index in [2.05, 4.69) is 55.3 Å². The van der Waals surface area contributed by atoms with Crippen LogP contribution in [0.1, 0.15) is 39.2 Å². The first-order valence-corrected chi connectivity index (χ1v) is 7.55. The van der Waals surface area contributed by atoms with E-state index in [1.54, 1.807) is 0 Å². The van der Waals surface area contributed by atoms with E-state index in [1.807, 2.05) is 0 Å². The molecule has 2 fully saturated rings. The number of hydrogen-bond acceptors (Lipinski definition) is 2. The van der Waals surface area contributed by atoms with Crippen molar-refractivity contribution < 1.29 is 0 Å². The fraction of sp³-hybridized carbons (Fsp3) is 0.647. The highest BCUT2D eigenvalue weighted by molar-refractivity contribution is 5.57. The Morgan fingerprint density at radius 1 is 1.16 bits per heavy atom. The standard InChI is InChI=1S/C17H26N2/c1-16(2,3)14-7-4-5-8-15(14)19-10-6-9-17(13-19)11-18-12-17/h4-5,7-8,18H,6,9-13H2,1-3H3. The second kappa shape index (κ2) is 4.52. The Morgan fingerprint density at radius 2 is 1.89 bits per heavy atom. The minimum Gasteiger partial charge on any atom is -0.371 e. The molecule has 0 saturated carbocycles. The van der Waals surface area contributed by atoms with E-state index in [4.69, 9.17) is 0 Å². The molecule has 1 N–H and O–H groups in total. The highest BCUT2D eigenvalue weighted by Crippen LogP contribution is 2.39. The van der Waals surface area contributed by atoms with Gasteiger partial charge in [0.2, 0.25) is 0 Å². The number of piperidine rings is 1. The Bertz CT molecular complexity index is 455. The van der Waals surface area contributed by atoms with Gasteiger partial charge in [0.25, 0.3) is 0 Å². The van der Waals surface area contributed by atoms with Crippen LogP contribution in [0.25, 0.3) is 0 Å². The van der Waals surface area contributed by atoms with E-state index in [0.29, 0.717) is 5.41 Å². The van der Waals surface area contributed by atoms with E-state index in [0.717, 1.165) is 0 Å². The molecule has 1 spiro atoms. The highest BCUT2D eigenvalue weighted by atomic mass is 15.2. The van der Waals surface area contributed by atoms with Crippen molar-refractivity contribution in [2.24, 2.45) is 5.41 Å². The predicted molar refractivity (Wildman–Crippen MR) is 81.9 cm³/mol. The van der Waals surface area contributed by atoms with Crippen LogP contribution in [0.4, 0.5) is 5.69 Å². The minimum atomic E-state index is 0.221. The summed E-state index contributed by atoms with van der Waals surface area (Å²) < 4.78 is 0. The van der Waals surface area contributed by atoms with Crippen molar-refractivity contribution in [2.75, 3.05) is 31.1 Å². The lowest BCUT2D eigenvalue weighted by Gasteiger charge is -2.50. The van der Waals surface area contributed by atoms with Gasteiger partial charge in [-0.1, -0.05) is 39.0 Å². The molecular weight excluding hydrogens is 232 g/mol. The van der Waals surface area contributed by atoms with Gasteiger partial charge in [-0.05, 0) is 29.9 Å². The summed E-state index contributed by atoms with van der Waals surface area (Å²) in [6, 6.07) is 8.97. The van der Waals surface area contributed by atoms with Gasteiger partial charge in [-0.15, -0.1) is 0 Å². The van der Waals surface area contributed by atoms with Crippen LogP contribution >= 0.6 is 0 Å². The molecule has 0 amide bonds. The van der Waals surface area contributed by atoms with Crippen LogP contribution in [-0.2, 0) is 5.41 Å². The molecule has 3 rings (SSSR count). The zero-order chi connectivity index (χ0) is 13.5. The maximum Gasteiger partial charge on any atom is 0.0404 e. The molecule has 0 bridgehead atoms. The second-order valence-corrected chi connectivity index (χ2v) is 7.40. The average molecular weight is 258 g/mol. The van der Waals surface area contributed by atoms with Gasteiger partial charge >= 0.3 is 0 Å². The van der Waals surface area contributed by atoms with Gasteiger partial charge in [-0.2, -0.15) is 0 Å². The minimum absolute atomic E-state index is 0.221. The smallest absolute Gasteiger partial charge is 0.0404 e. The van der Waals surface area contributed by atoms with Crippen molar-refractivity contribution in [3.05, 3.63) is 29.8 Å². The molecule has 0 aromatic heterocycles. The highest BCUT2D eigenvalue weighted by Gasteiger charge is 2.41. The molecule has 19 heavy (non-hydrogen) atoms. The lowest BCUT2D eigenvalue weighted by molar-refractivity contribution is 0.138. The number of anilines is 1. The molecule has 2 nitrogen and oxygen atoms in total. The SMILES string of the molecule is CC(C)(C)c1ccccc1N1CCCC2(CNC2)C1. The summed E-state index contributed by atoms with van der Waals surface area (Å²) in [6.07, 6.45) is 2.73. The third-order valence-electron chi connectivity index (χ3n) is 4.71. The summed E-state index contributed by atoms with van der Waals surface area (Å²) in [4.78, 5) is 2.63. The van der Waals surface area contributed by atoms with Gasteiger partial charge in [-0.25, -0.2) is 0 Å². The van der Waals surface area contributed by atoms with Gasteiger partial charge in [0.1, 0.15) is 0 Å². The summed E-state index contributed by atoms with van der Waals surface area (Å²) in [5.74, 6) is 0. The molecule has 0 aliphatic carbocycles. The molecule has 0 radical (unpaired) electrons. The molecule has 2 saturated heterocycles. The summed E-state index contributed by atoms with van der Waals surface area (Å²) in [5.41, 5.74) is 3.72. The Balaban J connectivity index is 1.89. The predicted octanol–water partition coefficient (Wildman–Crippen LogP) is 3.17. The number of nitrogens with zero attached hydrogens (tertiary/aromatic N) is 1. The largest absolute Gasteiger partial charge is 0.371 e. The van der Waals surface area contributed by atoms with Crippen LogP contribution in [-0.4, -0.2) is 26.2 Å². The Kier molecular flexibility index (Phi) is 3.09. The van der Waals surface area contributed by atoms with Crippen molar-refractivity contribution in [2.45, 2.75) is 39.0 Å². The van der Waals surface area contributed by atoms with E-state index in [1.165, 1.54) is 50.3 Å². The fourth-order valence-electron chi connectivity index (χ4n) is 3.56. The molecule has 2 heteroatoms. The first-order chi connectivity index (χ1) is 9.00. The quantitative estimate of drug-likeness (QED) is 0.832. The molecule has 2 aliphatic heterocycles. The van der Waals surface area contributed by atoms with Crippen LogP contribution in [0.5, 0.6) is 0 Å². The van der Waals surface area contributed by atoms with Crippen molar-refractivity contribution >= 4 is 5.69 Å². The number of para-hydroxylation sites is 1. The third kappa shape index (κ3) is 2.38. The number of hydrogen-bond donors (Lipinski definition) is 1. The lowest BCUT2D eigenvalue weighted by Crippen LogP contribution is -2.61. The Labute approximate surface area is 117 Å². The van der Waals surface area contributed by atoms with Crippen molar-refractivity contribution in [3.63, 3.8) is 0 Å². The second-order valence-electron chi connectivity index (χ2n) is 7.40. The van der Waals surface area contributed by atoms with Gasteiger partial charge in [0.15, 0.2) is 0 Å². The van der Waals surface area contributed by atoms with Crippen LogP contribution < -0.4 is 10.2 Å². The maximum absolute atomic E-state index is 3.46. The summed E-state index contributed by atoms with van der Waals surface area (Å²) in [7, 11) is 0. The van der Waals surface area contributed by atoms with Crippen LogP contribution in [0.15, 0.2) is 24.3 Å². The zero-order valence-corrected chi connectivity index (χ0v) is 12.5. The van der Waals surface area contributed by atoms with E-state index < -0.39 is 0 Å². The molecular formula is C17H26N2. The first-order valence-electron chi connectivity index (χ1n) is 7.55. The zero-order valence-electron chi connectivity index (χ0n) is 12.5. The van der Waals surface area contributed by atoms with Gasteiger partial charge in [0.05, 0.1) is 0 Å². The maximum atomic E-state index is 3.46. The molecule has 0 atom stereocenters. The van der Waals surface area contributed by atoms with E-state index in [9.17, 15) is 0 Å². The van der Waals surface area contributed by atoms with Crippen LogP contribution in [0.2, 0.25) is 0 Å². The van der Waals surface area contributed by atoms with E-state index in [-0.39, 0.29) is 5.41 Å². The number of benzene rings is 1. The van der Waals surface area contributed by atoms with Gasteiger partial charge < -0.3 is 10.2 Å². The Hall–Kier alpha value is -1.02. The van der Waals surface area contributed by atoms with Crippen molar-refractivity contribution in [3.8, 4) is 0 Å². The van der Waals surface area contributed by atoms with Gasteiger partial charge in [0, 0.05) is 37.3 Å². The molecule has 1 aromatic carbocycles. The average Bonchev–Trinajstić information content (AvgIpc) is 2.36. The monoisotopic (exact) mass is 258 g/mol. The number of rotatable bonds is 1. The molecule has 2 aliphatic rings. The van der Waals surface area contributed by atoms with Gasteiger partial charge in [-0.3, -0.25) is 0 Å². The molecule has 0 unspecified atom stereocenters. The summed E-state index contributed by atoms with van der Waals surface area (Å²) in [5, 5.41) is 3.46. The Morgan fingerprint density at radius 3 is 2.53 bits per heavy atom. The van der Waals surface area contributed by atoms with Crippen LogP contribution in [0.3, 0.4) is 0 Å². The fourth-order valence-corrected chi connectivity index (χ4v) is 3.56. The summed E-state index contributed by atoms with van der Waals surface area (Å²) in [6.45, 7) is 11.8. The van der Waals surface area contributed by atoms with Crippen molar-refractivity contribution in [1.29, 1.82) is 0 Å². The van der Waals surface area contributed by atoms with Crippen molar-refractivity contribution in [1.82, 2.24) is 5.32 Å². The van der Waals surface area contributed by atoms with E-state index >= 15 is 0 Å².